The van der Waals surface area contributed by atoms with Gasteiger partial charge < -0.3 is 11.1 Å². The Balaban J connectivity index is 2.34. The summed E-state index contributed by atoms with van der Waals surface area (Å²) in [5.41, 5.74) is 5.01. The van der Waals surface area contributed by atoms with Crippen LogP contribution in [0.2, 0.25) is 0 Å². The standard InChI is InChI=1S/C12H8BrFN4O3/c13-8-3-6(1-2-9(8)14)17-12(19)7-4-11(15)16-5-10(7)18(20)21/h1-5H,(H2,15,16)(H,17,19). The minimum Gasteiger partial charge on any atom is -0.384 e. The highest BCUT2D eigenvalue weighted by molar-refractivity contribution is 9.10. The van der Waals surface area contributed by atoms with Crippen LogP contribution in [-0.2, 0) is 0 Å². The average Bonchev–Trinajstić information content (AvgIpc) is 2.42. The molecule has 3 N–H and O–H groups in total. The fraction of sp³-hybridized carbons (Fsp3) is 0. The number of hydrogen-bond acceptors (Lipinski definition) is 5. The number of carbonyl (C=O) groups excluding carboxylic acids is 1. The minimum atomic E-state index is -0.741. The number of benzene rings is 1. The molecule has 0 spiro atoms. The predicted octanol–water partition coefficient (Wildman–Crippen LogP) is 2.73. The molecule has 0 atom stereocenters. The maximum absolute atomic E-state index is 13.1. The average molecular weight is 355 g/mol. The normalized spacial score (nSPS) is 10.2. The van der Waals surface area contributed by atoms with E-state index >= 15 is 0 Å². The molecule has 0 radical (unpaired) electrons. The molecule has 1 aromatic carbocycles. The number of nitrogens with two attached hydrogens (primary N) is 1. The fourth-order valence-electron chi connectivity index (χ4n) is 1.56. The Morgan fingerprint density at radius 3 is 2.76 bits per heavy atom. The van der Waals surface area contributed by atoms with Crippen LogP contribution in [0.4, 0.5) is 21.6 Å². The first-order valence-electron chi connectivity index (χ1n) is 5.55. The Labute approximate surface area is 126 Å². The molecular weight excluding hydrogens is 347 g/mol. The van der Waals surface area contributed by atoms with Crippen LogP contribution in [-0.4, -0.2) is 15.8 Å². The van der Waals surface area contributed by atoms with Crippen molar-refractivity contribution in [1.29, 1.82) is 0 Å². The highest BCUT2D eigenvalue weighted by atomic mass is 79.9. The van der Waals surface area contributed by atoms with E-state index in [0.717, 1.165) is 18.3 Å². The molecule has 2 rings (SSSR count). The van der Waals surface area contributed by atoms with Gasteiger partial charge in [-0.25, -0.2) is 9.37 Å². The van der Waals surface area contributed by atoms with Crippen molar-refractivity contribution in [2.45, 2.75) is 0 Å². The number of amides is 1. The number of rotatable bonds is 3. The molecule has 0 aliphatic carbocycles. The number of aromatic nitrogens is 1. The molecular formula is C12H8BrFN4O3. The molecule has 21 heavy (non-hydrogen) atoms. The van der Waals surface area contributed by atoms with E-state index in [4.69, 9.17) is 5.73 Å². The van der Waals surface area contributed by atoms with Crippen LogP contribution in [0, 0.1) is 15.9 Å². The van der Waals surface area contributed by atoms with Gasteiger partial charge >= 0.3 is 0 Å². The highest BCUT2D eigenvalue weighted by Gasteiger charge is 2.21. The van der Waals surface area contributed by atoms with Crippen LogP contribution in [0.15, 0.2) is 34.9 Å². The van der Waals surface area contributed by atoms with Gasteiger partial charge in [-0.05, 0) is 40.2 Å². The quantitative estimate of drug-likeness (QED) is 0.650. The van der Waals surface area contributed by atoms with Gasteiger partial charge in [0.2, 0.25) is 0 Å². The van der Waals surface area contributed by atoms with Crippen molar-refractivity contribution in [2.75, 3.05) is 11.1 Å². The number of nitrogen functional groups attached to an aromatic ring is 1. The Morgan fingerprint density at radius 1 is 1.43 bits per heavy atom. The second-order valence-corrected chi connectivity index (χ2v) is 4.82. The van der Waals surface area contributed by atoms with Gasteiger partial charge in [0.15, 0.2) is 0 Å². The van der Waals surface area contributed by atoms with Gasteiger partial charge in [-0.15, -0.1) is 0 Å². The molecule has 1 aromatic heterocycles. The summed E-state index contributed by atoms with van der Waals surface area (Å²) in [6, 6.07) is 4.92. The number of carbonyl (C=O) groups is 1. The van der Waals surface area contributed by atoms with Crippen molar-refractivity contribution in [2.24, 2.45) is 0 Å². The monoisotopic (exact) mass is 354 g/mol. The second-order valence-electron chi connectivity index (χ2n) is 3.97. The van der Waals surface area contributed by atoms with Crippen molar-refractivity contribution in [3.63, 3.8) is 0 Å². The largest absolute Gasteiger partial charge is 0.384 e. The summed E-state index contributed by atoms with van der Waals surface area (Å²) in [5.74, 6) is -1.26. The van der Waals surface area contributed by atoms with E-state index < -0.39 is 22.3 Å². The van der Waals surface area contributed by atoms with E-state index in [1.165, 1.54) is 12.1 Å². The summed E-state index contributed by atoms with van der Waals surface area (Å²) in [6.07, 6.45) is 0.908. The zero-order valence-electron chi connectivity index (χ0n) is 10.3. The molecule has 7 nitrogen and oxygen atoms in total. The summed E-state index contributed by atoms with van der Waals surface area (Å²) in [4.78, 5) is 25.8. The number of hydrogen-bond donors (Lipinski definition) is 2. The lowest BCUT2D eigenvalue weighted by Gasteiger charge is -2.07. The van der Waals surface area contributed by atoms with Gasteiger partial charge in [-0.3, -0.25) is 14.9 Å². The number of pyridine rings is 1. The molecule has 2 aromatic rings. The highest BCUT2D eigenvalue weighted by Crippen LogP contribution is 2.23. The van der Waals surface area contributed by atoms with Gasteiger partial charge in [0.05, 0.1) is 9.40 Å². The van der Waals surface area contributed by atoms with Gasteiger partial charge in [-0.2, -0.15) is 0 Å². The van der Waals surface area contributed by atoms with E-state index in [0.29, 0.717) is 0 Å². The second kappa shape index (κ2) is 5.83. The summed E-state index contributed by atoms with van der Waals surface area (Å²) in [6.45, 7) is 0. The molecule has 0 unspecified atom stereocenters. The molecule has 0 saturated heterocycles. The van der Waals surface area contributed by atoms with Crippen LogP contribution < -0.4 is 11.1 Å². The summed E-state index contributed by atoms with van der Waals surface area (Å²) in [7, 11) is 0. The predicted molar refractivity (Wildman–Crippen MR) is 77.4 cm³/mol. The third kappa shape index (κ3) is 3.31. The Bertz CT molecular complexity index is 738. The topological polar surface area (TPSA) is 111 Å². The lowest BCUT2D eigenvalue weighted by Crippen LogP contribution is -2.15. The Kier molecular flexibility index (Phi) is 4.13. The third-order valence-electron chi connectivity index (χ3n) is 2.52. The van der Waals surface area contributed by atoms with Crippen molar-refractivity contribution in [3.05, 3.63) is 56.4 Å². The lowest BCUT2D eigenvalue weighted by atomic mass is 10.2. The zero-order valence-corrected chi connectivity index (χ0v) is 11.9. The molecule has 0 aliphatic heterocycles. The van der Waals surface area contributed by atoms with E-state index in [-0.39, 0.29) is 21.5 Å². The maximum Gasteiger partial charge on any atom is 0.300 e. The van der Waals surface area contributed by atoms with E-state index in [1.54, 1.807) is 0 Å². The number of nitrogens with one attached hydrogen (secondary N) is 1. The molecule has 9 heteroatoms. The number of anilines is 2. The number of nitro groups is 1. The minimum absolute atomic E-state index is 0.0222. The van der Waals surface area contributed by atoms with E-state index in [2.05, 4.69) is 26.2 Å². The van der Waals surface area contributed by atoms with Crippen LogP contribution >= 0.6 is 15.9 Å². The maximum atomic E-state index is 13.1. The van der Waals surface area contributed by atoms with Gasteiger partial charge in [0, 0.05) is 5.69 Å². The van der Waals surface area contributed by atoms with Crippen LogP contribution in [0.3, 0.4) is 0 Å². The van der Waals surface area contributed by atoms with Gasteiger partial charge in [0.25, 0.3) is 11.6 Å². The molecule has 1 amide bonds. The first kappa shape index (κ1) is 14.9. The van der Waals surface area contributed by atoms with Crippen molar-refractivity contribution >= 4 is 39.0 Å². The van der Waals surface area contributed by atoms with Crippen LogP contribution in [0.1, 0.15) is 10.4 Å². The van der Waals surface area contributed by atoms with Crippen molar-refractivity contribution in [3.8, 4) is 0 Å². The SMILES string of the molecule is Nc1cc(C(=O)Nc2ccc(F)c(Br)c2)c([N+](=O)[O-])cn1. The zero-order chi connectivity index (χ0) is 15.6. The first-order valence-corrected chi connectivity index (χ1v) is 6.34. The molecule has 0 fully saturated rings. The molecule has 108 valence electrons. The lowest BCUT2D eigenvalue weighted by molar-refractivity contribution is -0.385. The molecule has 1 heterocycles. The summed E-state index contributed by atoms with van der Waals surface area (Å²) in [5, 5.41) is 13.3. The summed E-state index contributed by atoms with van der Waals surface area (Å²) >= 11 is 2.98. The van der Waals surface area contributed by atoms with Crippen LogP contribution in [0.25, 0.3) is 0 Å². The summed E-state index contributed by atoms with van der Waals surface area (Å²) < 4.78 is 13.3. The van der Waals surface area contributed by atoms with Gasteiger partial charge in [0.1, 0.15) is 23.4 Å². The van der Waals surface area contributed by atoms with Crippen LogP contribution in [0.5, 0.6) is 0 Å². The number of halogens is 2. The van der Waals surface area contributed by atoms with E-state index in [1.807, 2.05) is 0 Å². The Morgan fingerprint density at radius 2 is 2.14 bits per heavy atom. The van der Waals surface area contributed by atoms with E-state index in [9.17, 15) is 19.3 Å². The van der Waals surface area contributed by atoms with Gasteiger partial charge in [-0.1, -0.05) is 0 Å². The first-order chi connectivity index (χ1) is 9.88. The fourth-order valence-corrected chi connectivity index (χ4v) is 1.94. The van der Waals surface area contributed by atoms with Crippen molar-refractivity contribution in [1.82, 2.24) is 4.98 Å². The smallest absolute Gasteiger partial charge is 0.300 e. The Hall–Kier alpha value is -2.55. The third-order valence-corrected chi connectivity index (χ3v) is 3.13. The van der Waals surface area contributed by atoms with Crippen molar-refractivity contribution < 1.29 is 14.1 Å². The molecule has 0 aliphatic rings. The number of nitrogens with zero attached hydrogens (tertiary/aromatic N) is 2. The molecule has 0 saturated carbocycles. The molecule has 0 bridgehead atoms.